The average molecular weight is 327 g/mol. The van der Waals surface area contributed by atoms with Crippen LogP contribution in [0.15, 0.2) is 36.4 Å². The van der Waals surface area contributed by atoms with Crippen molar-refractivity contribution in [2.24, 2.45) is 0 Å². The fraction of sp³-hybridized carbons (Fsp3) is 0.316. The van der Waals surface area contributed by atoms with Crippen LogP contribution in [0.3, 0.4) is 0 Å². The molecule has 1 unspecified atom stereocenters. The Hall–Kier alpha value is -2.87. The van der Waals surface area contributed by atoms with E-state index in [9.17, 15) is 5.26 Å². The maximum absolute atomic E-state index is 9.27. The molecule has 0 spiro atoms. The van der Waals surface area contributed by atoms with Crippen LogP contribution in [0, 0.1) is 11.3 Å². The molecule has 0 saturated heterocycles. The number of hydrogen-bond acceptors (Lipinski definition) is 5. The molecular weight excluding hydrogens is 306 g/mol. The van der Waals surface area contributed by atoms with Crippen LogP contribution in [0.4, 0.5) is 0 Å². The topological polar surface area (TPSA) is 60.7 Å². The van der Waals surface area contributed by atoms with E-state index in [4.69, 9.17) is 18.9 Å². The molecule has 0 bridgehead atoms. The fourth-order valence-electron chi connectivity index (χ4n) is 2.62. The highest BCUT2D eigenvalue weighted by Crippen LogP contribution is 2.37. The summed E-state index contributed by atoms with van der Waals surface area (Å²) in [5.74, 6) is 2.53. The third-order valence-corrected chi connectivity index (χ3v) is 3.88. The van der Waals surface area contributed by atoms with Crippen LogP contribution in [0.1, 0.15) is 23.5 Å². The molecule has 126 valence electrons. The van der Waals surface area contributed by atoms with E-state index in [1.165, 1.54) is 0 Å². The molecule has 1 atom stereocenters. The number of methoxy groups -OCH3 is 4. The Balaban J connectivity index is 2.52. The van der Waals surface area contributed by atoms with Gasteiger partial charge < -0.3 is 18.9 Å². The van der Waals surface area contributed by atoms with Crippen LogP contribution < -0.4 is 18.9 Å². The van der Waals surface area contributed by atoms with Gasteiger partial charge in [0.1, 0.15) is 11.5 Å². The van der Waals surface area contributed by atoms with Gasteiger partial charge >= 0.3 is 0 Å². The molecule has 0 amide bonds. The number of benzene rings is 2. The first-order valence-corrected chi connectivity index (χ1v) is 7.48. The third kappa shape index (κ3) is 3.72. The first-order valence-electron chi connectivity index (χ1n) is 7.48. The monoisotopic (exact) mass is 327 g/mol. The van der Waals surface area contributed by atoms with Crippen molar-refractivity contribution in [1.29, 1.82) is 5.26 Å². The molecule has 0 aliphatic carbocycles. The molecule has 0 heterocycles. The van der Waals surface area contributed by atoms with E-state index in [0.717, 1.165) is 11.1 Å². The lowest BCUT2D eigenvalue weighted by atomic mass is 9.88. The van der Waals surface area contributed by atoms with E-state index in [-0.39, 0.29) is 5.92 Å². The molecule has 2 aromatic carbocycles. The standard InChI is InChI=1S/C19H21NO4/c1-21-15-9-14(10-16(12-15)22-2)17(7-8-20)13-5-6-18(23-3)19(11-13)24-4/h5-6,9-12,17H,7H2,1-4H3. The summed E-state index contributed by atoms with van der Waals surface area (Å²) in [7, 11) is 6.40. The van der Waals surface area contributed by atoms with Gasteiger partial charge in [0.05, 0.1) is 34.5 Å². The van der Waals surface area contributed by atoms with Gasteiger partial charge in [0.25, 0.3) is 0 Å². The van der Waals surface area contributed by atoms with E-state index in [0.29, 0.717) is 29.4 Å². The number of nitriles is 1. The summed E-state index contributed by atoms with van der Waals surface area (Å²) in [5, 5.41) is 9.27. The van der Waals surface area contributed by atoms with Crippen molar-refractivity contribution >= 4 is 0 Å². The van der Waals surface area contributed by atoms with Gasteiger partial charge in [-0.1, -0.05) is 6.07 Å². The van der Waals surface area contributed by atoms with Crippen LogP contribution in [0.5, 0.6) is 23.0 Å². The first kappa shape index (κ1) is 17.5. The predicted octanol–water partition coefficient (Wildman–Crippen LogP) is 3.77. The van der Waals surface area contributed by atoms with Gasteiger partial charge in [0.15, 0.2) is 11.5 Å². The quantitative estimate of drug-likeness (QED) is 0.775. The molecule has 0 aliphatic rings. The minimum atomic E-state index is -0.126. The largest absolute Gasteiger partial charge is 0.497 e. The Morgan fingerprint density at radius 2 is 1.42 bits per heavy atom. The van der Waals surface area contributed by atoms with Crippen molar-refractivity contribution in [2.75, 3.05) is 28.4 Å². The summed E-state index contributed by atoms with van der Waals surface area (Å²) in [5.41, 5.74) is 1.91. The van der Waals surface area contributed by atoms with Gasteiger partial charge in [-0.25, -0.2) is 0 Å². The number of rotatable bonds is 7. The second-order valence-electron chi connectivity index (χ2n) is 5.18. The Labute approximate surface area is 142 Å². The number of nitrogens with zero attached hydrogens (tertiary/aromatic N) is 1. The van der Waals surface area contributed by atoms with E-state index in [1.807, 2.05) is 36.4 Å². The molecule has 2 aromatic rings. The van der Waals surface area contributed by atoms with Crippen molar-refractivity contribution < 1.29 is 18.9 Å². The van der Waals surface area contributed by atoms with Crippen molar-refractivity contribution in [3.05, 3.63) is 47.5 Å². The summed E-state index contributed by atoms with van der Waals surface area (Å²) >= 11 is 0. The maximum atomic E-state index is 9.27. The molecule has 0 fully saturated rings. The molecule has 5 heteroatoms. The van der Waals surface area contributed by atoms with Crippen LogP contribution in [0.25, 0.3) is 0 Å². The normalized spacial score (nSPS) is 11.3. The molecule has 24 heavy (non-hydrogen) atoms. The minimum absolute atomic E-state index is 0.126. The highest BCUT2D eigenvalue weighted by Gasteiger charge is 2.18. The van der Waals surface area contributed by atoms with Gasteiger partial charge in [0, 0.05) is 18.4 Å². The van der Waals surface area contributed by atoms with Crippen LogP contribution in [0.2, 0.25) is 0 Å². The van der Waals surface area contributed by atoms with Crippen molar-refractivity contribution in [3.8, 4) is 29.1 Å². The molecule has 0 saturated carbocycles. The average Bonchev–Trinajstić information content (AvgIpc) is 2.64. The lowest BCUT2D eigenvalue weighted by Crippen LogP contribution is -2.03. The zero-order valence-corrected chi connectivity index (χ0v) is 14.3. The summed E-state index contributed by atoms with van der Waals surface area (Å²) < 4.78 is 21.3. The van der Waals surface area contributed by atoms with Crippen LogP contribution >= 0.6 is 0 Å². The highest BCUT2D eigenvalue weighted by atomic mass is 16.5. The van der Waals surface area contributed by atoms with Gasteiger partial charge in [-0.15, -0.1) is 0 Å². The van der Waals surface area contributed by atoms with E-state index >= 15 is 0 Å². The van der Waals surface area contributed by atoms with E-state index in [1.54, 1.807) is 28.4 Å². The number of hydrogen-bond donors (Lipinski definition) is 0. The molecule has 0 radical (unpaired) electrons. The Morgan fingerprint density at radius 1 is 0.792 bits per heavy atom. The maximum Gasteiger partial charge on any atom is 0.161 e. The van der Waals surface area contributed by atoms with Crippen LogP contribution in [-0.2, 0) is 0 Å². The SMILES string of the molecule is COc1cc(OC)cc(C(CC#N)c2ccc(OC)c(OC)c2)c1. The van der Waals surface area contributed by atoms with Crippen molar-refractivity contribution in [2.45, 2.75) is 12.3 Å². The first-order chi connectivity index (χ1) is 11.7. The molecule has 2 rings (SSSR count). The fourth-order valence-corrected chi connectivity index (χ4v) is 2.62. The highest BCUT2D eigenvalue weighted by molar-refractivity contribution is 5.48. The summed E-state index contributed by atoms with van der Waals surface area (Å²) in [6, 6.07) is 13.6. The van der Waals surface area contributed by atoms with Gasteiger partial charge in [-0.05, 0) is 35.4 Å². The summed E-state index contributed by atoms with van der Waals surface area (Å²) in [6.45, 7) is 0. The zero-order valence-electron chi connectivity index (χ0n) is 14.3. The third-order valence-electron chi connectivity index (χ3n) is 3.88. The van der Waals surface area contributed by atoms with Gasteiger partial charge in [-0.3, -0.25) is 0 Å². The van der Waals surface area contributed by atoms with E-state index in [2.05, 4.69) is 6.07 Å². The molecular formula is C19H21NO4. The molecule has 0 N–H and O–H groups in total. The zero-order chi connectivity index (χ0) is 17.5. The van der Waals surface area contributed by atoms with Gasteiger partial charge in [0.2, 0.25) is 0 Å². The van der Waals surface area contributed by atoms with Crippen molar-refractivity contribution in [1.82, 2.24) is 0 Å². The van der Waals surface area contributed by atoms with Crippen molar-refractivity contribution in [3.63, 3.8) is 0 Å². The molecule has 5 nitrogen and oxygen atoms in total. The summed E-state index contributed by atoms with van der Waals surface area (Å²) in [6.07, 6.45) is 0.325. The molecule has 0 aliphatic heterocycles. The van der Waals surface area contributed by atoms with Gasteiger partial charge in [-0.2, -0.15) is 5.26 Å². The predicted molar refractivity (Wildman–Crippen MR) is 91.2 cm³/mol. The van der Waals surface area contributed by atoms with E-state index < -0.39 is 0 Å². The second kappa shape index (κ2) is 8.11. The van der Waals surface area contributed by atoms with Crippen LogP contribution in [-0.4, -0.2) is 28.4 Å². The Bertz CT molecular complexity index is 714. The number of ether oxygens (including phenoxy) is 4. The Kier molecular flexibility index (Phi) is 5.91. The molecule has 0 aromatic heterocycles. The smallest absolute Gasteiger partial charge is 0.161 e. The lowest BCUT2D eigenvalue weighted by molar-refractivity contribution is 0.354. The minimum Gasteiger partial charge on any atom is -0.497 e. The second-order valence-corrected chi connectivity index (χ2v) is 5.18. The Morgan fingerprint density at radius 3 is 1.92 bits per heavy atom. The summed E-state index contributed by atoms with van der Waals surface area (Å²) in [4.78, 5) is 0. The lowest BCUT2D eigenvalue weighted by Gasteiger charge is -2.18.